The largest absolute Gasteiger partial charge is 0.439 e. The van der Waals surface area contributed by atoms with Crippen molar-refractivity contribution >= 4 is 17.4 Å². The third-order valence-corrected chi connectivity index (χ3v) is 3.29. The van der Waals surface area contributed by atoms with Crippen LogP contribution in [0.2, 0.25) is 0 Å². The van der Waals surface area contributed by atoms with E-state index < -0.39 is 11.8 Å². The molecule has 0 aliphatic carbocycles. The minimum atomic E-state index is -0.486. The van der Waals surface area contributed by atoms with E-state index in [-0.39, 0.29) is 0 Å². The molecule has 0 aliphatic heterocycles. The lowest BCUT2D eigenvalue weighted by molar-refractivity contribution is 0.262. The number of pyridine rings is 1. The Kier molecular flexibility index (Phi) is 4.89. The van der Waals surface area contributed by atoms with Crippen LogP contribution in [0.4, 0.5) is 20.6 Å². The summed E-state index contributed by atoms with van der Waals surface area (Å²) in [5.74, 6) is 0.691. The number of aryl methyl sites for hydroxylation is 1. The molecule has 25 heavy (non-hydrogen) atoms. The van der Waals surface area contributed by atoms with Crippen LogP contribution in [0.3, 0.4) is 0 Å². The van der Waals surface area contributed by atoms with E-state index in [1.54, 1.807) is 18.2 Å². The Labute approximate surface area is 144 Å². The number of hydrogen-bond donors (Lipinski definition) is 2. The van der Waals surface area contributed by atoms with Crippen LogP contribution >= 0.6 is 0 Å². The van der Waals surface area contributed by atoms with Crippen molar-refractivity contribution in [2.75, 3.05) is 10.6 Å². The third kappa shape index (κ3) is 4.78. The van der Waals surface area contributed by atoms with Gasteiger partial charge in [0.2, 0.25) is 5.88 Å². The van der Waals surface area contributed by atoms with Gasteiger partial charge in [-0.3, -0.25) is 0 Å². The maximum absolute atomic E-state index is 13.1. The number of urea groups is 1. The standard InChI is InChI=1S/C19H16FN3O2/c1-13-4-2-7-17(10-13)25-18-9-8-16(12-21-18)23-19(24)22-15-6-3-5-14(20)11-15/h2-12H,1H3,(H2,22,23,24). The first-order valence-corrected chi connectivity index (χ1v) is 7.63. The Hall–Kier alpha value is -3.41. The average molecular weight is 337 g/mol. The van der Waals surface area contributed by atoms with E-state index in [9.17, 15) is 9.18 Å². The monoisotopic (exact) mass is 337 g/mol. The van der Waals surface area contributed by atoms with Crippen LogP contribution in [-0.4, -0.2) is 11.0 Å². The van der Waals surface area contributed by atoms with E-state index in [1.165, 1.54) is 24.4 Å². The van der Waals surface area contributed by atoms with E-state index >= 15 is 0 Å². The van der Waals surface area contributed by atoms with Crippen molar-refractivity contribution in [2.24, 2.45) is 0 Å². The first kappa shape index (κ1) is 16.4. The molecule has 0 saturated carbocycles. The quantitative estimate of drug-likeness (QED) is 0.707. The van der Waals surface area contributed by atoms with E-state index in [4.69, 9.17) is 4.74 Å². The number of halogens is 1. The van der Waals surface area contributed by atoms with Gasteiger partial charge in [-0.1, -0.05) is 18.2 Å². The molecule has 0 bridgehead atoms. The summed E-state index contributed by atoms with van der Waals surface area (Å²) < 4.78 is 18.7. The molecular weight excluding hydrogens is 321 g/mol. The fourth-order valence-corrected chi connectivity index (χ4v) is 2.17. The molecule has 6 heteroatoms. The summed E-state index contributed by atoms with van der Waals surface area (Å²) in [5.41, 5.74) is 1.94. The predicted octanol–water partition coefficient (Wildman–Crippen LogP) is 4.97. The molecule has 0 unspecified atom stereocenters. The van der Waals surface area contributed by atoms with Gasteiger partial charge < -0.3 is 15.4 Å². The number of aromatic nitrogens is 1. The topological polar surface area (TPSA) is 63.2 Å². The van der Waals surface area contributed by atoms with Gasteiger partial charge in [0.25, 0.3) is 0 Å². The van der Waals surface area contributed by atoms with Gasteiger partial charge in [0.05, 0.1) is 11.9 Å². The predicted molar refractivity (Wildman–Crippen MR) is 94.5 cm³/mol. The van der Waals surface area contributed by atoms with Gasteiger partial charge in [-0.2, -0.15) is 0 Å². The second-order valence-electron chi connectivity index (χ2n) is 5.39. The number of ether oxygens (including phenoxy) is 1. The number of carbonyl (C=O) groups excluding carboxylic acids is 1. The lowest BCUT2D eigenvalue weighted by Crippen LogP contribution is -2.19. The van der Waals surface area contributed by atoms with Gasteiger partial charge in [0.1, 0.15) is 11.6 Å². The average Bonchev–Trinajstić information content (AvgIpc) is 2.57. The highest BCUT2D eigenvalue weighted by Gasteiger charge is 2.05. The molecule has 3 aromatic rings. The molecule has 2 aromatic carbocycles. The smallest absolute Gasteiger partial charge is 0.323 e. The summed E-state index contributed by atoms with van der Waals surface area (Å²) in [7, 11) is 0. The maximum atomic E-state index is 13.1. The van der Waals surface area contributed by atoms with Crippen molar-refractivity contribution in [3.63, 3.8) is 0 Å². The third-order valence-electron chi connectivity index (χ3n) is 3.29. The summed E-state index contributed by atoms with van der Waals surface area (Å²) >= 11 is 0. The highest BCUT2D eigenvalue weighted by atomic mass is 19.1. The Morgan fingerprint density at radius 2 is 1.80 bits per heavy atom. The molecule has 1 heterocycles. The van der Waals surface area contributed by atoms with Crippen LogP contribution in [0.5, 0.6) is 11.6 Å². The van der Waals surface area contributed by atoms with Gasteiger partial charge in [0.15, 0.2) is 0 Å². The van der Waals surface area contributed by atoms with E-state index in [1.807, 2.05) is 31.2 Å². The van der Waals surface area contributed by atoms with E-state index in [2.05, 4.69) is 15.6 Å². The van der Waals surface area contributed by atoms with Gasteiger partial charge in [-0.25, -0.2) is 14.2 Å². The molecule has 2 N–H and O–H groups in total. The zero-order valence-corrected chi connectivity index (χ0v) is 13.5. The van der Waals surface area contributed by atoms with E-state index in [0.717, 1.165) is 5.56 Å². The molecular formula is C19H16FN3O2. The number of anilines is 2. The molecule has 0 spiro atoms. The first-order valence-electron chi connectivity index (χ1n) is 7.63. The van der Waals surface area contributed by atoms with Crippen molar-refractivity contribution in [1.29, 1.82) is 0 Å². The number of hydrogen-bond acceptors (Lipinski definition) is 3. The van der Waals surface area contributed by atoms with Gasteiger partial charge in [0, 0.05) is 11.8 Å². The Balaban J connectivity index is 1.59. The number of carbonyl (C=O) groups is 1. The molecule has 0 saturated heterocycles. The zero-order valence-electron chi connectivity index (χ0n) is 13.5. The molecule has 3 rings (SSSR count). The highest BCUT2D eigenvalue weighted by molar-refractivity contribution is 5.99. The second-order valence-corrected chi connectivity index (χ2v) is 5.39. The molecule has 0 fully saturated rings. The maximum Gasteiger partial charge on any atom is 0.323 e. The number of nitrogens with one attached hydrogen (secondary N) is 2. The molecule has 126 valence electrons. The molecule has 1 aromatic heterocycles. The number of benzene rings is 2. The molecule has 2 amide bonds. The number of nitrogens with zero attached hydrogens (tertiary/aromatic N) is 1. The van der Waals surface area contributed by atoms with Gasteiger partial charge >= 0.3 is 6.03 Å². The minimum Gasteiger partial charge on any atom is -0.439 e. The van der Waals surface area contributed by atoms with Crippen molar-refractivity contribution in [3.8, 4) is 11.6 Å². The number of rotatable bonds is 4. The summed E-state index contributed by atoms with van der Waals surface area (Å²) in [6.07, 6.45) is 1.48. The Morgan fingerprint density at radius 1 is 1.00 bits per heavy atom. The second kappa shape index (κ2) is 7.44. The van der Waals surface area contributed by atoms with Crippen LogP contribution in [0.25, 0.3) is 0 Å². The van der Waals surface area contributed by atoms with Crippen molar-refractivity contribution in [1.82, 2.24) is 4.98 Å². The van der Waals surface area contributed by atoms with Crippen LogP contribution in [-0.2, 0) is 0 Å². The lowest BCUT2D eigenvalue weighted by Gasteiger charge is -2.09. The molecule has 0 atom stereocenters. The Bertz CT molecular complexity index is 882. The first-order chi connectivity index (χ1) is 12.1. The fourth-order valence-electron chi connectivity index (χ4n) is 2.17. The minimum absolute atomic E-state index is 0.366. The van der Waals surface area contributed by atoms with Gasteiger partial charge in [-0.05, 0) is 48.9 Å². The molecule has 0 aliphatic rings. The van der Waals surface area contributed by atoms with Gasteiger partial charge in [-0.15, -0.1) is 0 Å². The van der Waals surface area contributed by atoms with Crippen LogP contribution in [0.1, 0.15) is 5.56 Å². The zero-order chi connectivity index (χ0) is 17.6. The normalized spacial score (nSPS) is 10.2. The summed E-state index contributed by atoms with van der Waals surface area (Å²) in [6.45, 7) is 1.98. The van der Waals surface area contributed by atoms with Crippen molar-refractivity contribution < 1.29 is 13.9 Å². The number of amides is 2. The Morgan fingerprint density at radius 3 is 2.52 bits per heavy atom. The van der Waals surface area contributed by atoms with Crippen molar-refractivity contribution in [3.05, 3.63) is 78.2 Å². The lowest BCUT2D eigenvalue weighted by atomic mass is 10.2. The van der Waals surface area contributed by atoms with Crippen molar-refractivity contribution in [2.45, 2.75) is 6.92 Å². The van der Waals surface area contributed by atoms with E-state index in [0.29, 0.717) is 23.0 Å². The highest BCUT2D eigenvalue weighted by Crippen LogP contribution is 2.21. The van der Waals surface area contributed by atoms with Crippen LogP contribution in [0, 0.1) is 12.7 Å². The summed E-state index contributed by atoms with van der Waals surface area (Å²) in [4.78, 5) is 16.1. The van der Waals surface area contributed by atoms with Crippen LogP contribution in [0.15, 0.2) is 66.9 Å². The molecule has 0 radical (unpaired) electrons. The van der Waals surface area contributed by atoms with Crippen LogP contribution < -0.4 is 15.4 Å². The summed E-state index contributed by atoms with van der Waals surface area (Å²) in [6, 6.07) is 16.1. The summed E-state index contributed by atoms with van der Waals surface area (Å²) in [5, 5.41) is 5.16. The SMILES string of the molecule is Cc1cccc(Oc2ccc(NC(=O)Nc3cccc(F)c3)cn2)c1. The fraction of sp³-hybridized carbons (Fsp3) is 0.0526. The molecule has 5 nitrogen and oxygen atoms in total.